The van der Waals surface area contributed by atoms with Gasteiger partial charge in [0.2, 0.25) is 16.6 Å². The average molecular weight is 853 g/mol. The fraction of sp³-hybridized carbons (Fsp3) is 0.538. The Kier molecular flexibility index (Phi) is 18.0. The third-order valence-corrected chi connectivity index (χ3v) is 25.4. The maximum absolute atomic E-state index is 8.13. The molecule has 0 amide bonds. The molecule has 4 aromatic carbocycles. The molecule has 0 unspecified atom stereocenters. The van der Waals surface area contributed by atoms with Crippen molar-refractivity contribution < 1.29 is 27.8 Å². The van der Waals surface area contributed by atoms with Gasteiger partial charge in [0.15, 0.2) is 0 Å². The lowest BCUT2D eigenvalue weighted by molar-refractivity contribution is -0.268. The number of hydrogen-bond donors (Lipinski definition) is 0. The van der Waals surface area contributed by atoms with Crippen molar-refractivity contribution in [2.24, 2.45) is 0 Å². The third-order valence-electron chi connectivity index (χ3n) is 13.2. The molecule has 0 heterocycles. The molecule has 328 valence electrons. The Bertz CT molecular complexity index is 1610. The Labute approximate surface area is 366 Å². The molecule has 0 N–H and O–H groups in total. The maximum atomic E-state index is 8.13. The maximum Gasteiger partial charge on any atom is 0.201 e. The number of rotatable bonds is 22. The van der Waals surface area contributed by atoms with Gasteiger partial charge < -0.3 is 27.8 Å². The van der Waals surface area contributed by atoms with Gasteiger partial charge in [-0.3, -0.25) is 0 Å². The summed E-state index contributed by atoms with van der Waals surface area (Å²) in [5.41, 5.74) is 6.32. The largest absolute Gasteiger partial charge is 0.408 e. The molecule has 1 saturated carbocycles. The van der Waals surface area contributed by atoms with Crippen molar-refractivity contribution in [2.75, 3.05) is 0 Å². The summed E-state index contributed by atoms with van der Waals surface area (Å²) in [5.74, 6) is 0. The van der Waals surface area contributed by atoms with E-state index in [0.717, 1.165) is 22.3 Å². The van der Waals surface area contributed by atoms with Crippen LogP contribution in [0.15, 0.2) is 121 Å². The van der Waals surface area contributed by atoms with E-state index in [2.05, 4.69) is 192 Å². The Morgan fingerprint density at radius 2 is 0.483 bits per heavy atom. The molecule has 4 aromatic rings. The molecule has 60 heavy (non-hydrogen) atoms. The lowest BCUT2D eigenvalue weighted by atomic mass is 9.84. The smallest absolute Gasteiger partial charge is 0.201 e. The van der Waals surface area contributed by atoms with E-state index in [1.165, 1.54) is 0 Å². The van der Waals surface area contributed by atoms with Crippen LogP contribution in [0.2, 0.25) is 33.2 Å². The number of hydrogen-bond acceptors (Lipinski definition) is 6. The van der Waals surface area contributed by atoms with Crippen LogP contribution in [0.4, 0.5) is 0 Å². The van der Waals surface area contributed by atoms with E-state index < -0.39 is 53.3 Å². The molecule has 1 aliphatic carbocycles. The normalized spacial score (nSPS) is 21.6. The van der Waals surface area contributed by atoms with Crippen molar-refractivity contribution in [1.29, 1.82) is 0 Å². The van der Waals surface area contributed by atoms with Gasteiger partial charge in [-0.05, 0) is 55.5 Å². The highest BCUT2D eigenvalue weighted by atomic mass is 28.4. The van der Waals surface area contributed by atoms with E-state index >= 15 is 0 Å². The molecular formula is C52H76O6Si2. The first-order chi connectivity index (χ1) is 28.7. The Morgan fingerprint density at radius 1 is 0.300 bits per heavy atom. The first-order valence-corrected chi connectivity index (χ1v) is 27.0. The average Bonchev–Trinajstić information content (AvgIpc) is 3.23. The zero-order valence-electron chi connectivity index (χ0n) is 38.8. The van der Waals surface area contributed by atoms with Gasteiger partial charge in [-0.1, -0.05) is 204 Å². The van der Waals surface area contributed by atoms with E-state index in [-0.39, 0.29) is 0 Å². The van der Waals surface area contributed by atoms with Crippen LogP contribution in [0.5, 0.6) is 0 Å². The standard InChI is InChI=1S/C52H76O6Si2/c1-37(2)59(38(3)4,39(5)6)57-51-49(55-35-45-29-21-15-22-30-45)47(53-33-43-25-17-13-18-26-43)48(54-34-44-27-19-14-20-28-44)50(56-36-46-31-23-16-24-32-46)52(51)58-60(40(7)8,41(9)10)42(11)12/h13-32,37-42,47-52H,33-36H2,1-12H3/t47-,48-,49-,50+,51-,52-/m1/s1. The van der Waals surface area contributed by atoms with Gasteiger partial charge in [0, 0.05) is 0 Å². The van der Waals surface area contributed by atoms with Crippen LogP contribution >= 0.6 is 0 Å². The quantitative estimate of drug-likeness (QED) is 0.0734. The number of benzene rings is 4. The van der Waals surface area contributed by atoms with E-state index in [1.807, 2.05) is 12.1 Å². The topological polar surface area (TPSA) is 55.4 Å². The molecule has 0 saturated heterocycles. The molecule has 0 aliphatic heterocycles. The summed E-state index contributed by atoms with van der Waals surface area (Å²) in [6.07, 6.45) is -3.22. The van der Waals surface area contributed by atoms with Crippen LogP contribution in [-0.4, -0.2) is 53.3 Å². The van der Waals surface area contributed by atoms with Gasteiger partial charge in [-0.25, -0.2) is 0 Å². The minimum Gasteiger partial charge on any atom is -0.408 e. The van der Waals surface area contributed by atoms with Gasteiger partial charge in [0.1, 0.15) is 36.6 Å². The van der Waals surface area contributed by atoms with Crippen molar-refractivity contribution in [3.05, 3.63) is 144 Å². The highest BCUT2D eigenvalue weighted by molar-refractivity contribution is 6.78. The van der Waals surface area contributed by atoms with Crippen molar-refractivity contribution in [2.45, 2.75) is 179 Å². The molecule has 8 heteroatoms. The zero-order valence-corrected chi connectivity index (χ0v) is 40.8. The van der Waals surface area contributed by atoms with E-state index in [1.54, 1.807) is 0 Å². The van der Waals surface area contributed by atoms with Crippen LogP contribution in [0, 0.1) is 0 Å². The minimum absolute atomic E-state index is 0.328. The van der Waals surface area contributed by atoms with E-state index in [9.17, 15) is 0 Å². The van der Waals surface area contributed by atoms with Crippen LogP contribution in [-0.2, 0) is 54.2 Å². The Morgan fingerprint density at radius 3 is 0.667 bits per heavy atom. The first kappa shape index (κ1) is 48.1. The molecule has 6 atom stereocenters. The lowest BCUT2D eigenvalue weighted by Crippen LogP contribution is -2.71. The summed E-state index contributed by atoms with van der Waals surface area (Å²) in [7, 11) is -5.17. The SMILES string of the molecule is CC(C)[Si](O[C@@H]1[C@H](OCc2ccccc2)[C@H](OCc2ccccc2)[C@@H](OCc2ccccc2)[C@H](OCc2ccccc2)[C@H]1O[Si](C(C)C)(C(C)C)C(C)C)(C(C)C)C(C)C. The van der Waals surface area contributed by atoms with Crippen LogP contribution in [0.3, 0.4) is 0 Å². The minimum atomic E-state index is -2.59. The molecule has 6 nitrogen and oxygen atoms in total. The van der Waals surface area contributed by atoms with E-state index in [0.29, 0.717) is 59.7 Å². The summed E-state index contributed by atoms with van der Waals surface area (Å²) in [4.78, 5) is 0. The lowest BCUT2D eigenvalue weighted by Gasteiger charge is -2.57. The summed E-state index contributed by atoms with van der Waals surface area (Å²) in [6, 6.07) is 41.7. The van der Waals surface area contributed by atoms with Crippen molar-refractivity contribution in [1.82, 2.24) is 0 Å². The van der Waals surface area contributed by atoms with Crippen molar-refractivity contribution in [3.63, 3.8) is 0 Å². The summed E-state index contributed by atoms with van der Waals surface area (Å²) in [5, 5.41) is 0. The summed E-state index contributed by atoms with van der Waals surface area (Å²) < 4.78 is 45.5. The van der Waals surface area contributed by atoms with Crippen molar-refractivity contribution in [3.8, 4) is 0 Å². The van der Waals surface area contributed by atoms with Crippen LogP contribution in [0.1, 0.15) is 105 Å². The third kappa shape index (κ3) is 11.4. The molecule has 0 aromatic heterocycles. The van der Waals surface area contributed by atoms with Gasteiger partial charge >= 0.3 is 0 Å². The second-order valence-electron chi connectivity index (χ2n) is 18.8. The monoisotopic (exact) mass is 853 g/mol. The molecule has 1 aliphatic rings. The molecular weight excluding hydrogens is 777 g/mol. The Hall–Kier alpha value is -2.93. The molecule has 5 rings (SSSR count). The summed E-state index contributed by atoms with van der Waals surface area (Å²) >= 11 is 0. The second kappa shape index (κ2) is 22.4. The van der Waals surface area contributed by atoms with Gasteiger partial charge in [0.05, 0.1) is 26.4 Å². The molecule has 0 bridgehead atoms. The predicted octanol–water partition coefficient (Wildman–Crippen LogP) is 13.5. The highest BCUT2D eigenvalue weighted by Crippen LogP contribution is 2.50. The van der Waals surface area contributed by atoms with Crippen LogP contribution < -0.4 is 0 Å². The summed E-state index contributed by atoms with van der Waals surface area (Å²) in [6.45, 7) is 29.9. The second-order valence-corrected chi connectivity index (χ2v) is 29.7. The zero-order chi connectivity index (χ0) is 43.5. The van der Waals surface area contributed by atoms with Crippen LogP contribution in [0.25, 0.3) is 0 Å². The first-order valence-electron chi connectivity index (χ1n) is 22.7. The molecule has 0 spiro atoms. The van der Waals surface area contributed by atoms with E-state index in [4.69, 9.17) is 27.8 Å². The highest BCUT2D eigenvalue weighted by Gasteiger charge is 2.61. The van der Waals surface area contributed by atoms with Gasteiger partial charge in [-0.15, -0.1) is 0 Å². The fourth-order valence-electron chi connectivity index (χ4n) is 10.5. The molecule has 1 fully saturated rings. The van der Waals surface area contributed by atoms with Crippen molar-refractivity contribution >= 4 is 16.6 Å². The fourth-order valence-corrected chi connectivity index (χ4v) is 21.6. The predicted molar refractivity (Wildman–Crippen MR) is 252 cm³/mol. The number of ether oxygens (including phenoxy) is 4. The van der Waals surface area contributed by atoms with Gasteiger partial charge in [0.25, 0.3) is 0 Å². The molecule has 0 radical (unpaired) electrons. The van der Waals surface area contributed by atoms with Gasteiger partial charge in [-0.2, -0.15) is 0 Å². The Balaban J connectivity index is 1.79.